The zero-order valence-electron chi connectivity index (χ0n) is 15.9. The lowest BCUT2D eigenvalue weighted by molar-refractivity contribution is 0.0688. The monoisotopic (exact) mass is 358 g/mol. The predicted molar refractivity (Wildman–Crippen MR) is 110 cm³/mol. The third kappa shape index (κ3) is 4.02. The molecule has 3 heteroatoms. The number of para-hydroxylation sites is 1. The SMILES string of the molecule is Cc1ccc(CCC2CCN(C(=O)c3cccc4cccnc34)CC2)cc1. The molecule has 138 valence electrons. The highest BCUT2D eigenvalue weighted by Crippen LogP contribution is 2.25. The topological polar surface area (TPSA) is 33.2 Å². The normalized spacial score (nSPS) is 15.2. The molecule has 1 aliphatic rings. The summed E-state index contributed by atoms with van der Waals surface area (Å²) in [5.41, 5.74) is 4.27. The van der Waals surface area contributed by atoms with Gasteiger partial charge in [0.15, 0.2) is 0 Å². The molecule has 0 unspecified atom stereocenters. The molecule has 0 saturated carbocycles. The van der Waals surface area contributed by atoms with Gasteiger partial charge in [-0.15, -0.1) is 0 Å². The minimum Gasteiger partial charge on any atom is -0.339 e. The van der Waals surface area contributed by atoms with Crippen LogP contribution in [0.1, 0.15) is 40.7 Å². The number of nitrogens with zero attached hydrogens (tertiary/aromatic N) is 2. The Hall–Kier alpha value is -2.68. The molecule has 0 aliphatic carbocycles. The number of fused-ring (bicyclic) bond motifs is 1. The van der Waals surface area contributed by atoms with Gasteiger partial charge in [-0.2, -0.15) is 0 Å². The summed E-state index contributed by atoms with van der Waals surface area (Å²) in [7, 11) is 0. The number of carbonyl (C=O) groups excluding carboxylic acids is 1. The second-order valence-electron chi connectivity index (χ2n) is 7.64. The molecule has 4 rings (SSSR count). The van der Waals surface area contributed by atoms with Crippen molar-refractivity contribution in [2.24, 2.45) is 5.92 Å². The number of amides is 1. The van der Waals surface area contributed by atoms with Gasteiger partial charge in [0.05, 0.1) is 11.1 Å². The number of hydrogen-bond acceptors (Lipinski definition) is 2. The van der Waals surface area contributed by atoms with Gasteiger partial charge in [-0.1, -0.05) is 48.0 Å². The maximum Gasteiger partial charge on any atom is 0.256 e. The summed E-state index contributed by atoms with van der Waals surface area (Å²) in [6.07, 6.45) is 6.29. The Morgan fingerprint density at radius 1 is 1.04 bits per heavy atom. The van der Waals surface area contributed by atoms with E-state index in [0.29, 0.717) is 5.92 Å². The quantitative estimate of drug-likeness (QED) is 0.655. The largest absolute Gasteiger partial charge is 0.339 e. The van der Waals surface area contributed by atoms with Crippen molar-refractivity contribution in [2.45, 2.75) is 32.6 Å². The van der Waals surface area contributed by atoms with E-state index in [4.69, 9.17) is 0 Å². The molecular weight excluding hydrogens is 332 g/mol. The van der Waals surface area contributed by atoms with Crippen LogP contribution < -0.4 is 0 Å². The Balaban J connectivity index is 1.36. The van der Waals surface area contributed by atoms with Crippen molar-refractivity contribution in [3.05, 3.63) is 77.5 Å². The highest BCUT2D eigenvalue weighted by atomic mass is 16.2. The molecule has 0 spiro atoms. The van der Waals surface area contributed by atoms with E-state index in [9.17, 15) is 4.79 Å². The first-order valence-corrected chi connectivity index (χ1v) is 9.89. The maximum atomic E-state index is 13.0. The molecule has 1 saturated heterocycles. The van der Waals surface area contributed by atoms with E-state index in [1.807, 2.05) is 35.2 Å². The lowest BCUT2D eigenvalue weighted by Gasteiger charge is -2.32. The van der Waals surface area contributed by atoms with Crippen LogP contribution >= 0.6 is 0 Å². The molecule has 27 heavy (non-hydrogen) atoms. The van der Waals surface area contributed by atoms with E-state index in [1.165, 1.54) is 17.5 Å². The number of rotatable bonds is 4. The summed E-state index contributed by atoms with van der Waals surface area (Å²) in [6.45, 7) is 3.82. The van der Waals surface area contributed by atoms with Crippen LogP contribution in [-0.2, 0) is 6.42 Å². The summed E-state index contributed by atoms with van der Waals surface area (Å²) in [4.78, 5) is 19.5. The van der Waals surface area contributed by atoms with Crippen LogP contribution in [0.5, 0.6) is 0 Å². The second kappa shape index (κ2) is 7.91. The average Bonchev–Trinajstić information content (AvgIpc) is 2.73. The number of aryl methyl sites for hydroxylation is 2. The van der Waals surface area contributed by atoms with Crippen molar-refractivity contribution in [3.8, 4) is 0 Å². The van der Waals surface area contributed by atoms with Gasteiger partial charge < -0.3 is 4.90 Å². The molecule has 2 aromatic carbocycles. The molecule has 3 aromatic rings. The Kier molecular flexibility index (Phi) is 5.19. The number of piperidine rings is 1. The van der Waals surface area contributed by atoms with E-state index < -0.39 is 0 Å². The van der Waals surface area contributed by atoms with Crippen LogP contribution in [0.3, 0.4) is 0 Å². The summed E-state index contributed by atoms with van der Waals surface area (Å²) in [6, 6.07) is 18.6. The van der Waals surface area contributed by atoms with E-state index in [2.05, 4.69) is 36.2 Å². The van der Waals surface area contributed by atoms with E-state index >= 15 is 0 Å². The molecule has 3 nitrogen and oxygen atoms in total. The number of pyridine rings is 1. The van der Waals surface area contributed by atoms with Gasteiger partial charge in [0.25, 0.3) is 5.91 Å². The fourth-order valence-electron chi connectivity index (χ4n) is 4.00. The third-order valence-corrected chi connectivity index (χ3v) is 5.73. The molecule has 1 aromatic heterocycles. The van der Waals surface area contributed by atoms with E-state index in [-0.39, 0.29) is 5.91 Å². The maximum absolute atomic E-state index is 13.0. The van der Waals surface area contributed by atoms with Gasteiger partial charge in [0.1, 0.15) is 0 Å². The number of carbonyl (C=O) groups is 1. The lowest BCUT2D eigenvalue weighted by atomic mass is 9.90. The molecule has 2 heterocycles. The molecule has 0 bridgehead atoms. The second-order valence-corrected chi connectivity index (χ2v) is 7.64. The first-order valence-electron chi connectivity index (χ1n) is 9.89. The van der Waals surface area contributed by atoms with Crippen molar-refractivity contribution >= 4 is 16.8 Å². The zero-order valence-corrected chi connectivity index (χ0v) is 15.9. The van der Waals surface area contributed by atoms with Crippen LogP contribution in [0.4, 0.5) is 0 Å². The van der Waals surface area contributed by atoms with Gasteiger partial charge in [0, 0.05) is 24.7 Å². The smallest absolute Gasteiger partial charge is 0.256 e. The highest BCUT2D eigenvalue weighted by molar-refractivity contribution is 6.05. The van der Waals surface area contributed by atoms with Gasteiger partial charge >= 0.3 is 0 Å². The fourth-order valence-corrected chi connectivity index (χ4v) is 4.00. The minimum atomic E-state index is 0.122. The molecule has 1 aliphatic heterocycles. The first-order chi connectivity index (χ1) is 13.2. The number of benzene rings is 2. The molecule has 1 fully saturated rings. The van der Waals surface area contributed by atoms with Crippen LogP contribution in [0.25, 0.3) is 10.9 Å². The summed E-state index contributed by atoms with van der Waals surface area (Å²) < 4.78 is 0. The van der Waals surface area contributed by atoms with Crippen molar-refractivity contribution < 1.29 is 4.79 Å². The highest BCUT2D eigenvalue weighted by Gasteiger charge is 2.24. The Labute approximate surface area is 161 Å². The summed E-state index contributed by atoms with van der Waals surface area (Å²) in [5.74, 6) is 0.831. The summed E-state index contributed by atoms with van der Waals surface area (Å²) in [5, 5.41) is 1.02. The van der Waals surface area contributed by atoms with Gasteiger partial charge in [-0.05, 0) is 56.2 Å². The molecular formula is C24H26N2O. The zero-order chi connectivity index (χ0) is 18.6. The van der Waals surface area contributed by atoms with E-state index in [1.54, 1.807) is 6.20 Å². The predicted octanol–water partition coefficient (Wildman–Crippen LogP) is 5.03. The van der Waals surface area contributed by atoms with Crippen molar-refractivity contribution in [1.29, 1.82) is 0 Å². The van der Waals surface area contributed by atoms with Crippen LogP contribution in [0.2, 0.25) is 0 Å². The Bertz CT molecular complexity index is 919. The summed E-state index contributed by atoms with van der Waals surface area (Å²) >= 11 is 0. The van der Waals surface area contributed by atoms with Crippen LogP contribution in [0.15, 0.2) is 60.8 Å². The fraction of sp³-hybridized carbons (Fsp3) is 0.333. The van der Waals surface area contributed by atoms with Crippen LogP contribution in [0, 0.1) is 12.8 Å². The van der Waals surface area contributed by atoms with Crippen molar-refractivity contribution in [3.63, 3.8) is 0 Å². The van der Waals surface area contributed by atoms with Crippen molar-refractivity contribution in [1.82, 2.24) is 9.88 Å². The van der Waals surface area contributed by atoms with Gasteiger partial charge in [0.2, 0.25) is 0 Å². The number of hydrogen-bond donors (Lipinski definition) is 0. The lowest BCUT2D eigenvalue weighted by Crippen LogP contribution is -2.38. The van der Waals surface area contributed by atoms with Crippen LogP contribution in [-0.4, -0.2) is 28.9 Å². The van der Waals surface area contributed by atoms with Gasteiger partial charge in [-0.25, -0.2) is 0 Å². The third-order valence-electron chi connectivity index (χ3n) is 5.73. The minimum absolute atomic E-state index is 0.122. The van der Waals surface area contributed by atoms with E-state index in [0.717, 1.165) is 48.8 Å². The molecule has 0 N–H and O–H groups in total. The molecule has 0 radical (unpaired) electrons. The molecule has 1 amide bonds. The first kappa shape index (κ1) is 17.7. The Morgan fingerprint density at radius 2 is 1.78 bits per heavy atom. The number of aromatic nitrogens is 1. The number of likely N-dealkylation sites (tertiary alicyclic amines) is 1. The standard InChI is InChI=1S/C24H26N2O/c1-18-7-9-19(10-8-18)11-12-20-13-16-26(17-14-20)24(27)22-6-2-4-21-5-3-15-25-23(21)22/h2-10,15,20H,11-14,16-17H2,1H3. The molecule has 0 atom stereocenters. The van der Waals surface area contributed by atoms with Gasteiger partial charge in [-0.3, -0.25) is 9.78 Å². The van der Waals surface area contributed by atoms with Crippen molar-refractivity contribution in [2.75, 3.05) is 13.1 Å². The Morgan fingerprint density at radius 3 is 2.56 bits per heavy atom. The average molecular weight is 358 g/mol.